The quantitative estimate of drug-likeness (QED) is 0.843. The van der Waals surface area contributed by atoms with Gasteiger partial charge in [-0.1, -0.05) is 27.7 Å². The molecule has 0 spiro atoms. The lowest BCUT2D eigenvalue weighted by molar-refractivity contribution is -0.151. The van der Waals surface area contributed by atoms with E-state index in [0.29, 0.717) is 12.8 Å². The Labute approximate surface area is 161 Å². The molecule has 0 atom stereocenters. The van der Waals surface area contributed by atoms with Crippen LogP contribution >= 0.6 is 0 Å². The number of piperidine rings is 1. The minimum Gasteiger partial charge on any atom is -0.479 e. The minimum absolute atomic E-state index is 0.0952. The van der Waals surface area contributed by atoms with Crippen LogP contribution in [0.4, 0.5) is 0 Å². The highest BCUT2D eigenvalue weighted by Crippen LogP contribution is 2.32. The zero-order valence-corrected chi connectivity index (χ0v) is 16.9. The van der Waals surface area contributed by atoms with Gasteiger partial charge in [-0.15, -0.1) is 0 Å². The van der Waals surface area contributed by atoms with Gasteiger partial charge in [0.2, 0.25) is 0 Å². The van der Waals surface area contributed by atoms with Crippen molar-refractivity contribution in [3.05, 3.63) is 36.2 Å². The molecular weight excluding hydrogens is 342 g/mol. The lowest BCUT2D eigenvalue weighted by Gasteiger charge is -2.39. The van der Waals surface area contributed by atoms with Gasteiger partial charge in [0.15, 0.2) is 5.54 Å². The van der Waals surface area contributed by atoms with E-state index in [0.717, 1.165) is 44.1 Å². The third kappa shape index (κ3) is 3.93. The Morgan fingerprint density at radius 1 is 1.26 bits per heavy atom. The molecule has 1 fully saturated rings. The van der Waals surface area contributed by atoms with Crippen LogP contribution in [0.1, 0.15) is 58.5 Å². The molecule has 2 aromatic heterocycles. The average molecular weight is 374 g/mol. The summed E-state index contributed by atoms with van der Waals surface area (Å²) in [4.78, 5) is 19.0. The van der Waals surface area contributed by atoms with E-state index in [2.05, 4.69) is 47.2 Å². The van der Waals surface area contributed by atoms with Gasteiger partial charge in [0.25, 0.3) is 0 Å². The molecule has 0 unspecified atom stereocenters. The number of likely N-dealkylation sites (tertiary alicyclic amines) is 1. The van der Waals surface area contributed by atoms with Crippen molar-refractivity contribution in [2.45, 2.75) is 71.0 Å². The standard InChI is InChI=1S/C20H31N5O2/c1-5-10-24-14-9-21-17(24)15-23-12-7-20(8-13-23,18(26)27)25-11-6-16(22-25)19(2,3)4/h6,9,11,14H,5,7-8,10,12-13,15H2,1-4H3,(H,26,27). The topological polar surface area (TPSA) is 76.2 Å². The number of imidazole rings is 1. The van der Waals surface area contributed by atoms with E-state index in [-0.39, 0.29) is 5.41 Å². The number of carboxylic acids is 1. The maximum atomic E-state index is 12.2. The van der Waals surface area contributed by atoms with Crippen molar-refractivity contribution in [2.75, 3.05) is 13.1 Å². The molecule has 1 N–H and O–H groups in total. The summed E-state index contributed by atoms with van der Waals surface area (Å²) in [7, 11) is 0. The third-order valence-electron chi connectivity index (χ3n) is 5.51. The highest BCUT2D eigenvalue weighted by Gasteiger charge is 2.44. The number of carbonyl (C=O) groups is 1. The van der Waals surface area contributed by atoms with Gasteiger partial charge in [0.05, 0.1) is 12.2 Å². The number of aliphatic carboxylic acids is 1. The number of nitrogens with zero attached hydrogens (tertiary/aromatic N) is 5. The molecule has 3 rings (SSSR count). The summed E-state index contributed by atoms with van der Waals surface area (Å²) in [6.07, 6.45) is 7.85. The molecule has 27 heavy (non-hydrogen) atoms. The Kier molecular flexibility index (Phi) is 5.42. The van der Waals surface area contributed by atoms with Crippen LogP contribution in [0.3, 0.4) is 0 Å². The first-order valence-electron chi connectivity index (χ1n) is 9.78. The summed E-state index contributed by atoms with van der Waals surface area (Å²) < 4.78 is 3.87. The van der Waals surface area contributed by atoms with Gasteiger partial charge < -0.3 is 9.67 Å². The predicted molar refractivity (Wildman–Crippen MR) is 104 cm³/mol. The normalized spacial score (nSPS) is 17.9. The monoisotopic (exact) mass is 373 g/mol. The van der Waals surface area contributed by atoms with E-state index in [1.807, 2.05) is 24.7 Å². The summed E-state index contributed by atoms with van der Waals surface area (Å²) in [5.74, 6) is 0.256. The molecule has 0 radical (unpaired) electrons. The van der Waals surface area contributed by atoms with Crippen LogP contribution in [0, 0.1) is 0 Å². The zero-order chi connectivity index (χ0) is 19.7. The van der Waals surface area contributed by atoms with E-state index in [1.165, 1.54) is 0 Å². The van der Waals surface area contributed by atoms with E-state index in [9.17, 15) is 9.90 Å². The second kappa shape index (κ2) is 7.46. The second-order valence-electron chi connectivity index (χ2n) is 8.55. The van der Waals surface area contributed by atoms with Crippen LogP contribution in [0.15, 0.2) is 24.7 Å². The first kappa shape index (κ1) is 19.6. The largest absolute Gasteiger partial charge is 0.479 e. The first-order valence-corrected chi connectivity index (χ1v) is 9.78. The summed E-state index contributed by atoms with van der Waals surface area (Å²) in [6.45, 7) is 11.6. The van der Waals surface area contributed by atoms with Crippen molar-refractivity contribution >= 4 is 5.97 Å². The van der Waals surface area contributed by atoms with Crippen LogP contribution in [0.5, 0.6) is 0 Å². The Bertz CT molecular complexity index is 778. The average Bonchev–Trinajstić information content (AvgIpc) is 3.26. The fourth-order valence-electron chi connectivity index (χ4n) is 3.72. The Morgan fingerprint density at radius 2 is 1.96 bits per heavy atom. The van der Waals surface area contributed by atoms with Crippen molar-refractivity contribution < 1.29 is 9.90 Å². The molecule has 1 aliphatic rings. The Balaban J connectivity index is 1.73. The van der Waals surface area contributed by atoms with Crippen molar-refractivity contribution in [1.29, 1.82) is 0 Å². The smallest absolute Gasteiger partial charge is 0.331 e. The molecule has 7 nitrogen and oxygen atoms in total. The van der Waals surface area contributed by atoms with Gasteiger partial charge in [-0.3, -0.25) is 9.58 Å². The Morgan fingerprint density at radius 3 is 2.52 bits per heavy atom. The molecule has 0 aliphatic carbocycles. The highest BCUT2D eigenvalue weighted by atomic mass is 16.4. The van der Waals surface area contributed by atoms with E-state index >= 15 is 0 Å². The van der Waals surface area contributed by atoms with Crippen molar-refractivity contribution in [2.24, 2.45) is 0 Å². The molecule has 0 bridgehead atoms. The summed E-state index contributed by atoms with van der Waals surface area (Å²) in [6, 6.07) is 1.94. The van der Waals surface area contributed by atoms with Gasteiger partial charge in [-0.2, -0.15) is 5.10 Å². The number of hydrogen-bond acceptors (Lipinski definition) is 4. The number of hydrogen-bond donors (Lipinski definition) is 1. The zero-order valence-electron chi connectivity index (χ0n) is 16.9. The second-order valence-corrected chi connectivity index (χ2v) is 8.55. The molecular formula is C20H31N5O2. The summed E-state index contributed by atoms with van der Waals surface area (Å²) in [5.41, 5.74) is -0.131. The predicted octanol–water partition coefficient (Wildman–Crippen LogP) is 2.86. The van der Waals surface area contributed by atoms with Crippen molar-refractivity contribution in [3.8, 4) is 0 Å². The third-order valence-corrected chi connectivity index (χ3v) is 5.51. The number of carboxylic acid groups (broad SMARTS) is 1. The van der Waals surface area contributed by atoms with E-state index in [4.69, 9.17) is 0 Å². The molecule has 7 heteroatoms. The van der Waals surface area contributed by atoms with Gasteiger partial charge >= 0.3 is 5.97 Å². The molecule has 3 heterocycles. The highest BCUT2D eigenvalue weighted by molar-refractivity contribution is 5.76. The first-order chi connectivity index (χ1) is 12.8. The molecule has 2 aromatic rings. The van der Waals surface area contributed by atoms with E-state index < -0.39 is 11.5 Å². The molecule has 148 valence electrons. The van der Waals surface area contributed by atoms with Crippen LogP contribution in [-0.2, 0) is 28.8 Å². The van der Waals surface area contributed by atoms with Crippen LogP contribution < -0.4 is 0 Å². The fourth-order valence-corrected chi connectivity index (χ4v) is 3.72. The van der Waals surface area contributed by atoms with Gasteiger partial charge in [0.1, 0.15) is 5.82 Å². The maximum Gasteiger partial charge on any atom is 0.331 e. The minimum atomic E-state index is -0.959. The summed E-state index contributed by atoms with van der Waals surface area (Å²) in [5, 5.41) is 14.7. The molecule has 1 aliphatic heterocycles. The lowest BCUT2D eigenvalue weighted by atomic mass is 9.87. The molecule has 0 amide bonds. The van der Waals surface area contributed by atoms with Crippen molar-refractivity contribution in [3.63, 3.8) is 0 Å². The van der Waals surface area contributed by atoms with Crippen molar-refractivity contribution in [1.82, 2.24) is 24.2 Å². The van der Waals surface area contributed by atoms with Gasteiger partial charge in [0, 0.05) is 43.6 Å². The van der Waals surface area contributed by atoms with Crippen LogP contribution in [0.25, 0.3) is 0 Å². The Hall–Kier alpha value is -2.15. The fraction of sp³-hybridized carbons (Fsp3) is 0.650. The van der Waals surface area contributed by atoms with Crippen LogP contribution in [-0.4, -0.2) is 48.4 Å². The molecule has 0 saturated carbocycles. The maximum absolute atomic E-state index is 12.2. The molecule has 1 saturated heterocycles. The molecule has 0 aromatic carbocycles. The SMILES string of the molecule is CCCn1ccnc1CN1CCC(C(=O)O)(n2ccc(C(C)(C)C)n2)CC1. The number of aryl methyl sites for hydroxylation is 1. The van der Waals surface area contributed by atoms with Gasteiger partial charge in [-0.25, -0.2) is 9.78 Å². The number of aromatic nitrogens is 4. The van der Waals surface area contributed by atoms with E-state index in [1.54, 1.807) is 4.68 Å². The van der Waals surface area contributed by atoms with Gasteiger partial charge in [-0.05, 0) is 25.3 Å². The van der Waals surface area contributed by atoms with Crippen LogP contribution in [0.2, 0.25) is 0 Å². The summed E-state index contributed by atoms with van der Waals surface area (Å²) >= 11 is 0. The number of rotatable bonds is 6. The lowest BCUT2D eigenvalue weighted by Crippen LogP contribution is -2.51.